The Morgan fingerprint density at radius 2 is 1.75 bits per heavy atom. The molecule has 3 rings (SSSR count). The lowest BCUT2D eigenvalue weighted by Gasteiger charge is -2.10. The van der Waals surface area contributed by atoms with Gasteiger partial charge in [0.2, 0.25) is 0 Å². The van der Waals surface area contributed by atoms with E-state index in [0.29, 0.717) is 22.0 Å². The fourth-order valence-electron chi connectivity index (χ4n) is 2.49. The van der Waals surface area contributed by atoms with Gasteiger partial charge in [0.25, 0.3) is 11.5 Å². The van der Waals surface area contributed by atoms with Crippen LogP contribution in [-0.4, -0.2) is 15.7 Å². The summed E-state index contributed by atoms with van der Waals surface area (Å²) in [5.41, 5.74) is 0.935. The summed E-state index contributed by atoms with van der Waals surface area (Å²) in [4.78, 5) is 24.5. The van der Waals surface area contributed by atoms with Gasteiger partial charge in [-0.25, -0.2) is 4.68 Å². The van der Waals surface area contributed by atoms with Gasteiger partial charge in [0.15, 0.2) is 0 Å². The van der Waals surface area contributed by atoms with Crippen LogP contribution in [0.25, 0.3) is 10.8 Å². The van der Waals surface area contributed by atoms with Gasteiger partial charge in [0.05, 0.1) is 17.6 Å². The van der Waals surface area contributed by atoms with Crippen molar-refractivity contribution in [3.63, 3.8) is 0 Å². The van der Waals surface area contributed by atoms with Crippen LogP contribution in [-0.2, 0) is 13.1 Å². The van der Waals surface area contributed by atoms with Crippen molar-refractivity contribution >= 4 is 16.7 Å². The largest absolute Gasteiger partial charge is 0.346 e. The number of amides is 1. The van der Waals surface area contributed by atoms with Gasteiger partial charge in [-0.2, -0.15) is 5.10 Å². The Labute approximate surface area is 138 Å². The van der Waals surface area contributed by atoms with E-state index in [0.717, 1.165) is 0 Å². The molecule has 1 aromatic heterocycles. The van der Waals surface area contributed by atoms with Crippen molar-refractivity contribution in [2.75, 3.05) is 0 Å². The van der Waals surface area contributed by atoms with Crippen LogP contribution in [0.3, 0.4) is 0 Å². The zero-order valence-corrected chi connectivity index (χ0v) is 12.9. The molecule has 0 aliphatic heterocycles. The highest BCUT2D eigenvalue weighted by atomic mass is 16.1. The molecule has 1 heterocycles. The number of rotatable bonds is 4. The first-order valence-electron chi connectivity index (χ1n) is 7.46. The highest BCUT2D eigenvalue weighted by Gasteiger charge is 2.11. The Morgan fingerprint density at radius 1 is 1.08 bits per heavy atom. The van der Waals surface area contributed by atoms with Crippen LogP contribution in [0.4, 0.5) is 0 Å². The van der Waals surface area contributed by atoms with Crippen molar-refractivity contribution < 1.29 is 4.79 Å². The standard InChI is InChI=1S/C19H15N3O2/c1-2-12-22-19(24)16-11-7-6-10-15(16)17(21-22)13-20-18(23)14-8-4-3-5-9-14/h1,3-11H,12-13H2,(H,20,23). The van der Waals surface area contributed by atoms with E-state index < -0.39 is 0 Å². The summed E-state index contributed by atoms with van der Waals surface area (Å²) < 4.78 is 1.24. The zero-order chi connectivity index (χ0) is 16.9. The normalized spacial score (nSPS) is 10.3. The third-order valence-electron chi connectivity index (χ3n) is 3.64. The molecule has 0 saturated heterocycles. The molecule has 0 radical (unpaired) electrons. The van der Waals surface area contributed by atoms with Gasteiger partial charge in [-0.15, -0.1) is 6.42 Å². The van der Waals surface area contributed by atoms with Crippen molar-refractivity contribution in [3.8, 4) is 12.3 Å². The molecule has 0 unspecified atom stereocenters. The molecule has 5 nitrogen and oxygen atoms in total. The van der Waals surface area contributed by atoms with Gasteiger partial charge in [0.1, 0.15) is 6.54 Å². The van der Waals surface area contributed by atoms with Crippen LogP contribution < -0.4 is 10.9 Å². The molecule has 24 heavy (non-hydrogen) atoms. The molecule has 0 aliphatic rings. The summed E-state index contributed by atoms with van der Waals surface area (Å²) in [6.45, 7) is 0.294. The molecule has 1 N–H and O–H groups in total. The number of carbonyl (C=O) groups excluding carboxylic acids is 1. The molecule has 0 fully saturated rings. The van der Waals surface area contributed by atoms with Crippen molar-refractivity contribution in [2.24, 2.45) is 0 Å². The second kappa shape index (κ2) is 6.80. The lowest BCUT2D eigenvalue weighted by atomic mass is 10.1. The van der Waals surface area contributed by atoms with Crippen molar-refractivity contribution in [2.45, 2.75) is 13.1 Å². The minimum Gasteiger partial charge on any atom is -0.346 e. The average Bonchev–Trinajstić information content (AvgIpc) is 2.63. The highest BCUT2D eigenvalue weighted by Crippen LogP contribution is 2.13. The molecule has 5 heteroatoms. The Morgan fingerprint density at radius 3 is 2.46 bits per heavy atom. The molecule has 0 bridgehead atoms. The predicted molar refractivity (Wildman–Crippen MR) is 92.4 cm³/mol. The summed E-state index contributed by atoms with van der Waals surface area (Å²) in [7, 11) is 0. The van der Waals surface area contributed by atoms with Crippen molar-refractivity contribution in [3.05, 3.63) is 76.2 Å². The minimum absolute atomic E-state index is 0.0866. The van der Waals surface area contributed by atoms with Crippen LogP contribution in [0.15, 0.2) is 59.4 Å². The van der Waals surface area contributed by atoms with E-state index in [-0.39, 0.29) is 24.6 Å². The lowest BCUT2D eigenvalue weighted by molar-refractivity contribution is 0.0950. The summed E-state index contributed by atoms with van der Waals surface area (Å²) in [5, 5.41) is 8.38. The van der Waals surface area contributed by atoms with Crippen LogP contribution >= 0.6 is 0 Å². The van der Waals surface area contributed by atoms with E-state index in [9.17, 15) is 9.59 Å². The Hall–Kier alpha value is -3.39. The van der Waals surface area contributed by atoms with Gasteiger partial charge >= 0.3 is 0 Å². The molecule has 1 amide bonds. The number of benzene rings is 2. The Kier molecular flexibility index (Phi) is 4.39. The zero-order valence-electron chi connectivity index (χ0n) is 12.9. The smallest absolute Gasteiger partial charge is 0.275 e. The number of carbonyl (C=O) groups is 1. The monoisotopic (exact) mass is 317 g/mol. The second-order valence-electron chi connectivity index (χ2n) is 5.21. The first-order valence-corrected chi connectivity index (χ1v) is 7.46. The number of nitrogens with zero attached hydrogens (tertiary/aromatic N) is 2. The maximum absolute atomic E-state index is 12.3. The second-order valence-corrected chi connectivity index (χ2v) is 5.21. The lowest BCUT2D eigenvalue weighted by Crippen LogP contribution is -2.28. The van der Waals surface area contributed by atoms with E-state index in [1.165, 1.54) is 4.68 Å². The summed E-state index contributed by atoms with van der Waals surface area (Å²) in [6.07, 6.45) is 5.30. The molecule has 2 aromatic carbocycles. The molecule has 0 spiro atoms. The van der Waals surface area contributed by atoms with Crippen LogP contribution in [0.2, 0.25) is 0 Å². The van der Waals surface area contributed by atoms with Crippen LogP contribution in [0, 0.1) is 12.3 Å². The van der Waals surface area contributed by atoms with Crippen LogP contribution in [0.1, 0.15) is 16.1 Å². The maximum atomic E-state index is 12.3. The maximum Gasteiger partial charge on any atom is 0.275 e. The predicted octanol–water partition coefficient (Wildman–Crippen LogP) is 1.96. The number of aromatic nitrogens is 2. The fourth-order valence-corrected chi connectivity index (χ4v) is 2.49. The van der Waals surface area contributed by atoms with E-state index in [2.05, 4.69) is 16.3 Å². The summed E-state index contributed by atoms with van der Waals surface area (Å²) in [6, 6.07) is 16.1. The molecular formula is C19H15N3O2. The molecule has 3 aromatic rings. The van der Waals surface area contributed by atoms with E-state index in [4.69, 9.17) is 6.42 Å². The third-order valence-corrected chi connectivity index (χ3v) is 3.64. The van der Waals surface area contributed by atoms with E-state index in [1.54, 1.807) is 36.4 Å². The van der Waals surface area contributed by atoms with Crippen molar-refractivity contribution in [1.29, 1.82) is 0 Å². The quantitative estimate of drug-likeness (QED) is 0.748. The van der Waals surface area contributed by atoms with Gasteiger partial charge in [-0.05, 0) is 18.2 Å². The van der Waals surface area contributed by atoms with Gasteiger partial charge < -0.3 is 5.32 Å². The molecule has 0 atom stereocenters. The molecule has 0 saturated carbocycles. The average molecular weight is 317 g/mol. The topological polar surface area (TPSA) is 64.0 Å². The number of hydrogen-bond acceptors (Lipinski definition) is 3. The third kappa shape index (κ3) is 3.03. The van der Waals surface area contributed by atoms with Crippen molar-refractivity contribution in [1.82, 2.24) is 15.1 Å². The first-order chi connectivity index (χ1) is 11.7. The van der Waals surface area contributed by atoms with E-state index in [1.807, 2.05) is 18.2 Å². The molecular weight excluding hydrogens is 302 g/mol. The molecule has 118 valence electrons. The van der Waals surface area contributed by atoms with Gasteiger partial charge in [0, 0.05) is 10.9 Å². The number of terminal acetylenes is 1. The SMILES string of the molecule is C#CCn1nc(CNC(=O)c2ccccc2)c2ccccc2c1=O. The molecule has 0 aliphatic carbocycles. The summed E-state index contributed by atoms with van der Waals surface area (Å²) in [5.74, 6) is 2.22. The highest BCUT2D eigenvalue weighted by molar-refractivity contribution is 5.94. The number of nitrogens with one attached hydrogen (secondary N) is 1. The minimum atomic E-state index is -0.235. The number of fused-ring (bicyclic) bond motifs is 1. The summed E-state index contributed by atoms with van der Waals surface area (Å²) >= 11 is 0. The number of hydrogen-bond donors (Lipinski definition) is 1. The van der Waals surface area contributed by atoms with Gasteiger partial charge in [-0.3, -0.25) is 9.59 Å². The first kappa shape index (κ1) is 15.5. The fraction of sp³-hybridized carbons (Fsp3) is 0.105. The van der Waals surface area contributed by atoms with E-state index >= 15 is 0 Å². The Balaban J connectivity index is 1.94. The van der Waals surface area contributed by atoms with Crippen LogP contribution in [0.5, 0.6) is 0 Å². The Bertz CT molecular complexity index is 985. The van der Waals surface area contributed by atoms with Gasteiger partial charge in [-0.1, -0.05) is 42.3 Å².